The van der Waals surface area contributed by atoms with Gasteiger partial charge in [0.05, 0.1) is 0 Å². The molecule has 0 aliphatic carbocycles. The molecule has 78 valence electrons. The summed E-state index contributed by atoms with van der Waals surface area (Å²) in [7, 11) is 1.72. The lowest BCUT2D eigenvalue weighted by Crippen LogP contribution is -2.03. The first-order chi connectivity index (χ1) is 7.22. The lowest BCUT2D eigenvalue weighted by Gasteiger charge is -2.01. The zero-order chi connectivity index (χ0) is 10.8. The van der Waals surface area contributed by atoms with Crippen LogP contribution in [0.3, 0.4) is 0 Å². The molecule has 0 N–H and O–H groups in total. The second kappa shape index (κ2) is 3.76. The average molecular weight is 203 g/mol. The highest BCUT2D eigenvalue weighted by molar-refractivity contribution is 5.76. The normalized spacial score (nSPS) is 12.0. The maximum absolute atomic E-state index is 4.39. The van der Waals surface area contributed by atoms with Crippen molar-refractivity contribution in [3.63, 3.8) is 0 Å². The fraction of sp³-hybridized carbons (Fsp3) is 0.400. The fourth-order valence-corrected chi connectivity index (χ4v) is 1.38. The van der Waals surface area contributed by atoms with E-state index in [4.69, 9.17) is 0 Å². The van der Waals surface area contributed by atoms with Gasteiger partial charge in [-0.3, -0.25) is 4.99 Å². The van der Waals surface area contributed by atoms with Crippen LogP contribution in [0.15, 0.2) is 17.1 Å². The summed E-state index contributed by atoms with van der Waals surface area (Å²) in [6, 6.07) is 3.77. The fourth-order valence-electron chi connectivity index (χ4n) is 1.38. The minimum Gasteiger partial charge on any atom is -0.294 e. The Balaban J connectivity index is 2.61. The summed E-state index contributed by atoms with van der Waals surface area (Å²) < 4.78 is 1.77. The van der Waals surface area contributed by atoms with E-state index in [2.05, 4.69) is 34.1 Å². The predicted octanol–water partition coefficient (Wildman–Crippen LogP) is 1.30. The summed E-state index contributed by atoms with van der Waals surface area (Å²) >= 11 is 0. The Kier molecular flexibility index (Phi) is 2.45. The van der Waals surface area contributed by atoms with Gasteiger partial charge >= 0.3 is 0 Å². The molecule has 5 nitrogen and oxygen atoms in total. The van der Waals surface area contributed by atoms with Gasteiger partial charge in [-0.15, -0.1) is 10.2 Å². The lowest BCUT2D eigenvalue weighted by atomic mass is 10.2. The quantitative estimate of drug-likeness (QED) is 0.691. The molecule has 0 saturated carbocycles. The Morgan fingerprint density at radius 2 is 2.13 bits per heavy atom. The van der Waals surface area contributed by atoms with Crippen molar-refractivity contribution in [2.75, 3.05) is 7.05 Å². The summed E-state index contributed by atoms with van der Waals surface area (Å²) in [6.07, 6.45) is 1.71. The third-order valence-corrected chi connectivity index (χ3v) is 2.09. The van der Waals surface area contributed by atoms with Crippen molar-refractivity contribution in [2.45, 2.75) is 19.8 Å². The first-order valence-electron chi connectivity index (χ1n) is 4.87. The highest BCUT2D eigenvalue weighted by atomic mass is 15.4. The van der Waals surface area contributed by atoms with Gasteiger partial charge in [0.2, 0.25) is 0 Å². The molecular weight excluding hydrogens is 190 g/mol. The van der Waals surface area contributed by atoms with Crippen molar-refractivity contribution < 1.29 is 0 Å². The van der Waals surface area contributed by atoms with Gasteiger partial charge in [-0.25, -0.2) is 0 Å². The second-order valence-electron chi connectivity index (χ2n) is 3.63. The number of rotatable bonds is 2. The van der Waals surface area contributed by atoms with Crippen LogP contribution in [0.4, 0.5) is 0 Å². The van der Waals surface area contributed by atoms with E-state index >= 15 is 0 Å². The summed E-state index contributed by atoms with van der Waals surface area (Å²) in [4.78, 5) is 3.93. The first-order valence-corrected chi connectivity index (χ1v) is 4.87. The molecule has 0 atom stereocenters. The first kappa shape index (κ1) is 9.76. The Hall–Kier alpha value is -1.78. The number of hydrogen-bond donors (Lipinski definition) is 0. The van der Waals surface area contributed by atoms with Crippen molar-refractivity contribution in [3.8, 4) is 0 Å². The SMILES string of the molecule is C/N=C/c1ccc2nnc(C(C)C)n2n1. The number of fused-ring (bicyclic) bond motifs is 1. The van der Waals surface area contributed by atoms with Crippen LogP contribution in [0.5, 0.6) is 0 Å². The Bertz CT molecular complexity index is 497. The molecule has 0 aromatic carbocycles. The van der Waals surface area contributed by atoms with E-state index in [1.165, 1.54) is 0 Å². The highest BCUT2D eigenvalue weighted by Crippen LogP contribution is 2.11. The molecule has 0 unspecified atom stereocenters. The molecular formula is C10H13N5. The van der Waals surface area contributed by atoms with Crippen molar-refractivity contribution in [1.82, 2.24) is 19.8 Å². The van der Waals surface area contributed by atoms with E-state index in [0.29, 0.717) is 5.92 Å². The van der Waals surface area contributed by atoms with E-state index < -0.39 is 0 Å². The van der Waals surface area contributed by atoms with E-state index in [1.54, 1.807) is 17.8 Å². The van der Waals surface area contributed by atoms with Gasteiger partial charge in [-0.2, -0.15) is 9.61 Å². The molecule has 2 heterocycles. The van der Waals surface area contributed by atoms with E-state index in [0.717, 1.165) is 17.2 Å². The van der Waals surface area contributed by atoms with Crippen molar-refractivity contribution in [2.24, 2.45) is 4.99 Å². The molecule has 5 heteroatoms. The van der Waals surface area contributed by atoms with E-state index in [9.17, 15) is 0 Å². The van der Waals surface area contributed by atoms with Crippen molar-refractivity contribution >= 4 is 11.9 Å². The third kappa shape index (κ3) is 1.72. The van der Waals surface area contributed by atoms with E-state index in [-0.39, 0.29) is 0 Å². The van der Waals surface area contributed by atoms with Gasteiger partial charge in [0, 0.05) is 19.2 Å². The Labute approximate surface area is 87.9 Å². The monoisotopic (exact) mass is 203 g/mol. The smallest absolute Gasteiger partial charge is 0.177 e. The Morgan fingerprint density at radius 1 is 1.33 bits per heavy atom. The zero-order valence-corrected chi connectivity index (χ0v) is 9.05. The molecule has 2 rings (SSSR count). The molecule has 2 aromatic heterocycles. The maximum atomic E-state index is 4.39. The van der Waals surface area contributed by atoms with Crippen LogP contribution in [-0.2, 0) is 0 Å². The van der Waals surface area contributed by atoms with E-state index in [1.807, 2.05) is 12.1 Å². The molecule has 0 spiro atoms. The molecule has 0 fully saturated rings. The standard InChI is InChI=1S/C10H13N5/c1-7(2)10-13-12-9-5-4-8(6-11-3)14-15(9)10/h4-7H,1-3H3/b11-6+. The zero-order valence-electron chi connectivity index (χ0n) is 9.05. The van der Waals surface area contributed by atoms with Crippen LogP contribution in [0.1, 0.15) is 31.3 Å². The van der Waals surface area contributed by atoms with Gasteiger partial charge in [-0.05, 0) is 12.1 Å². The van der Waals surface area contributed by atoms with Gasteiger partial charge in [0.1, 0.15) is 5.69 Å². The maximum Gasteiger partial charge on any atom is 0.177 e. The van der Waals surface area contributed by atoms with Crippen molar-refractivity contribution in [3.05, 3.63) is 23.7 Å². The van der Waals surface area contributed by atoms with Crippen LogP contribution in [0.25, 0.3) is 5.65 Å². The number of hydrogen-bond acceptors (Lipinski definition) is 4. The van der Waals surface area contributed by atoms with Crippen LogP contribution < -0.4 is 0 Å². The molecule has 0 radical (unpaired) electrons. The van der Waals surface area contributed by atoms with Crippen LogP contribution >= 0.6 is 0 Å². The number of aromatic nitrogens is 4. The topological polar surface area (TPSA) is 55.4 Å². The summed E-state index contributed by atoms with van der Waals surface area (Å²) in [5, 5.41) is 12.5. The average Bonchev–Trinajstić information content (AvgIpc) is 2.61. The molecule has 0 amide bonds. The van der Waals surface area contributed by atoms with Crippen LogP contribution in [0, 0.1) is 0 Å². The summed E-state index contributed by atoms with van der Waals surface area (Å²) in [5.74, 6) is 1.18. The van der Waals surface area contributed by atoms with Gasteiger partial charge in [-0.1, -0.05) is 13.8 Å². The van der Waals surface area contributed by atoms with Gasteiger partial charge < -0.3 is 0 Å². The molecule has 0 saturated heterocycles. The van der Waals surface area contributed by atoms with Crippen LogP contribution in [0.2, 0.25) is 0 Å². The molecule has 15 heavy (non-hydrogen) atoms. The molecule has 0 bridgehead atoms. The minimum absolute atomic E-state index is 0.307. The molecule has 0 aliphatic heterocycles. The number of aliphatic imine (C=N–C) groups is 1. The largest absolute Gasteiger partial charge is 0.294 e. The lowest BCUT2D eigenvalue weighted by molar-refractivity contribution is 0.719. The summed E-state index contributed by atoms with van der Waals surface area (Å²) in [6.45, 7) is 4.14. The van der Waals surface area contributed by atoms with Gasteiger partial charge in [0.25, 0.3) is 0 Å². The predicted molar refractivity (Wildman–Crippen MR) is 58.4 cm³/mol. The minimum atomic E-state index is 0.307. The molecule has 2 aromatic rings. The summed E-state index contributed by atoms with van der Waals surface area (Å²) in [5.41, 5.74) is 1.58. The van der Waals surface area contributed by atoms with Gasteiger partial charge in [0.15, 0.2) is 11.5 Å². The highest BCUT2D eigenvalue weighted by Gasteiger charge is 2.09. The van der Waals surface area contributed by atoms with Crippen LogP contribution in [-0.4, -0.2) is 33.1 Å². The second-order valence-corrected chi connectivity index (χ2v) is 3.63. The Morgan fingerprint density at radius 3 is 2.80 bits per heavy atom. The third-order valence-electron chi connectivity index (χ3n) is 2.09. The van der Waals surface area contributed by atoms with Crippen molar-refractivity contribution in [1.29, 1.82) is 0 Å². The number of nitrogens with zero attached hydrogens (tertiary/aromatic N) is 5. The molecule has 0 aliphatic rings.